The normalized spacial score (nSPS) is 12.2. The Kier molecular flexibility index (Phi) is 6.23. The van der Waals surface area contributed by atoms with Gasteiger partial charge in [-0.3, -0.25) is 14.9 Å². The first-order valence-electron chi connectivity index (χ1n) is 6.76. The van der Waals surface area contributed by atoms with Crippen LogP contribution in [0.2, 0.25) is 0 Å². The Morgan fingerprint density at radius 3 is 2.62 bits per heavy atom. The zero-order valence-corrected chi connectivity index (χ0v) is 12.1. The number of carbonyl (C=O) groups is 1. The molecule has 3 N–H and O–H groups in total. The van der Waals surface area contributed by atoms with Crippen LogP contribution in [0.3, 0.4) is 0 Å². The molecule has 0 heterocycles. The zero-order valence-electron chi connectivity index (χ0n) is 12.1. The van der Waals surface area contributed by atoms with Crippen molar-refractivity contribution in [3.8, 4) is 0 Å². The lowest BCUT2D eigenvalue weighted by Gasteiger charge is -2.16. The van der Waals surface area contributed by atoms with E-state index in [1.54, 1.807) is 0 Å². The van der Waals surface area contributed by atoms with E-state index in [0.29, 0.717) is 12.5 Å². The molecule has 21 heavy (non-hydrogen) atoms. The molecule has 0 aliphatic heterocycles. The van der Waals surface area contributed by atoms with Crippen molar-refractivity contribution in [2.75, 3.05) is 11.9 Å². The van der Waals surface area contributed by atoms with Crippen LogP contribution in [-0.4, -0.2) is 17.4 Å². The summed E-state index contributed by atoms with van der Waals surface area (Å²) in [4.78, 5) is 21.8. The molecular weight excluding hydrogens is 277 g/mol. The molecule has 1 rings (SSSR count). The summed E-state index contributed by atoms with van der Waals surface area (Å²) in [6.07, 6.45) is 1.02. The molecule has 1 amide bonds. The minimum absolute atomic E-state index is 0.0357. The molecule has 0 saturated carbocycles. The van der Waals surface area contributed by atoms with Crippen LogP contribution in [0.4, 0.5) is 15.8 Å². The molecule has 1 atom stereocenters. The van der Waals surface area contributed by atoms with Crippen LogP contribution in [0.15, 0.2) is 18.2 Å². The summed E-state index contributed by atoms with van der Waals surface area (Å²) in [6, 6.07) is 2.97. The topological polar surface area (TPSA) is 98.3 Å². The number of halogens is 1. The first-order valence-corrected chi connectivity index (χ1v) is 6.76. The number of nitrogens with zero attached hydrogens (tertiary/aromatic N) is 1. The molecule has 0 aliphatic carbocycles. The molecule has 7 heteroatoms. The van der Waals surface area contributed by atoms with Gasteiger partial charge >= 0.3 is 0 Å². The largest absolute Gasteiger partial charge is 0.330 e. The van der Waals surface area contributed by atoms with Gasteiger partial charge in [-0.1, -0.05) is 13.8 Å². The molecule has 1 aromatic carbocycles. The molecule has 0 aliphatic rings. The molecule has 0 saturated heterocycles. The van der Waals surface area contributed by atoms with Crippen LogP contribution in [-0.2, 0) is 4.79 Å². The first kappa shape index (κ1) is 17.0. The highest BCUT2D eigenvalue weighted by Gasteiger charge is 2.16. The van der Waals surface area contributed by atoms with Crippen LogP contribution in [0.5, 0.6) is 0 Å². The third-order valence-corrected chi connectivity index (χ3v) is 2.99. The smallest absolute Gasteiger partial charge is 0.274 e. The molecule has 0 bridgehead atoms. The van der Waals surface area contributed by atoms with Gasteiger partial charge in [0.2, 0.25) is 5.91 Å². The number of nitro benzene ring substituents is 1. The molecule has 116 valence electrons. The van der Waals surface area contributed by atoms with Gasteiger partial charge in [0.15, 0.2) is 0 Å². The molecule has 1 unspecified atom stereocenters. The molecule has 0 fully saturated rings. The lowest BCUT2D eigenvalue weighted by molar-refractivity contribution is -0.385. The molecule has 6 nitrogen and oxygen atoms in total. The van der Waals surface area contributed by atoms with Crippen molar-refractivity contribution in [1.29, 1.82) is 0 Å². The quantitative estimate of drug-likeness (QED) is 0.597. The predicted octanol–water partition coefficient (Wildman–Crippen LogP) is 2.68. The van der Waals surface area contributed by atoms with Crippen LogP contribution >= 0.6 is 0 Å². The Morgan fingerprint density at radius 1 is 1.43 bits per heavy atom. The van der Waals surface area contributed by atoms with Crippen molar-refractivity contribution >= 4 is 17.3 Å². The zero-order chi connectivity index (χ0) is 16.0. The van der Waals surface area contributed by atoms with Gasteiger partial charge in [0, 0.05) is 12.5 Å². The number of amides is 1. The fourth-order valence-electron chi connectivity index (χ4n) is 2.16. The van der Waals surface area contributed by atoms with Crippen LogP contribution < -0.4 is 11.1 Å². The first-order chi connectivity index (χ1) is 9.81. The van der Waals surface area contributed by atoms with E-state index in [0.717, 1.165) is 24.6 Å². The summed E-state index contributed by atoms with van der Waals surface area (Å²) in [5, 5.41) is 13.1. The van der Waals surface area contributed by atoms with E-state index in [9.17, 15) is 19.3 Å². The number of rotatable bonds is 7. The second-order valence-corrected chi connectivity index (χ2v) is 5.44. The summed E-state index contributed by atoms with van der Waals surface area (Å²) in [5.41, 5.74) is 5.30. The fraction of sp³-hybridized carbons (Fsp3) is 0.500. The Bertz CT molecular complexity index is 520. The van der Waals surface area contributed by atoms with Gasteiger partial charge in [0.1, 0.15) is 5.82 Å². The molecular formula is C14H20FN3O3. The van der Waals surface area contributed by atoms with E-state index in [2.05, 4.69) is 5.32 Å². The molecule has 0 aromatic heterocycles. The minimum atomic E-state index is -0.767. The molecule has 1 aromatic rings. The van der Waals surface area contributed by atoms with Crippen molar-refractivity contribution in [2.24, 2.45) is 17.6 Å². The van der Waals surface area contributed by atoms with Gasteiger partial charge < -0.3 is 11.1 Å². The van der Waals surface area contributed by atoms with E-state index in [-0.39, 0.29) is 23.9 Å². The van der Waals surface area contributed by atoms with Gasteiger partial charge in [-0.2, -0.15) is 0 Å². The van der Waals surface area contributed by atoms with Gasteiger partial charge in [-0.05, 0) is 30.9 Å². The number of nitro groups is 1. The second-order valence-electron chi connectivity index (χ2n) is 5.44. The van der Waals surface area contributed by atoms with Crippen molar-refractivity contribution in [1.82, 2.24) is 0 Å². The van der Waals surface area contributed by atoms with Crippen LogP contribution in [0.1, 0.15) is 26.7 Å². The molecule has 0 spiro atoms. The lowest BCUT2D eigenvalue weighted by atomic mass is 9.94. The average molecular weight is 297 g/mol. The third-order valence-electron chi connectivity index (χ3n) is 2.99. The Labute approximate surface area is 122 Å². The van der Waals surface area contributed by atoms with Crippen molar-refractivity contribution in [2.45, 2.75) is 26.7 Å². The standard InChI is InChI=1S/C14H20FN3O3/c1-9(2)3-10(8-16)4-14(19)17-12-5-11(15)6-13(7-12)18(20)21/h5-7,9-10H,3-4,8,16H2,1-2H3,(H,17,19). The number of carbonyl (C=O) groups excluding carboxylic acids is 1. The number of hydrogen-bond donors (Lipinski definition) is 2. The number of hydrogen-bond acceptors (Lipinski definition) is 4. The predicted molar refractivity (Wildman–Crippen MR) is 78.3 cm³/mol. The maximum Gasteiger partial charge on any atom is 0.274 e. The number of nitrogens with one attached hydrogen (secondary N) is 1. The Morgan fingerprint density at radius 2 is 2.10 bits per heavy atom. The van der Waals surface area contributed by atoms with Crippen LogP contribution in [0.25, 0.3) is 0 Å². The highest BCUT2D eigenvalue weighted by molar-refractivity contribution is 5.91. The number of anilines is 1. The van der Waals surface area contributed by atoms with E-state index < -0.39 is 16.4 Å². The summed E-state index contributed by atoms with van der Waals surface area (Å²) < 4.78 is 13.3. The van der Waals surface area contributed by atoms with Gasteiger partial charge in [-0.25, -0.2) is 4.39 Å². The van der Waals surface area contributed by atoms with E-state index in [4.69, 9.17) is 5.73 Å². The Hall–Kier alpha value is -2.02. The lowest BCUT2D eigenvalue weighted by Crippen LogP contribution is -2.23. The van der Waals surface area contributed by atoms with E-state index >= 15 is 0 Å². The Balaban J connectivity index is 2.72. The van der Waals surface area contributed by atoms with Gasteiger partial charge in [0.25, 0.3) is 5.69 Å². The monoisotopic (exact) mass is 297 g/mol. The van der Waals surface area contributed by atoms with Crippen LogP contribution in [0, 0.1) is 27.8 Å². The third kappa shape index (κ3) is 5.86. The van der Waals surface area contributed by atoms with Crippen molar-refractivity contribution < 1.29 is 14.1 Å². The number of non-ortho nitro benzene ring substituents is 1. The number of benzene rings is 1. The maximum atomic E-state index is 13.3. The number of nitrogens with two attached hydrogens (primary N) is 1. The highest BCUT2D eigenvalue weighted by Crippen LogP contribution is 2.21. The highest BCUT2D eigenvalue weighted by atomic mass is 19.1. The van der Waals surface area contributed by atoms with E-state index in [1.807, 2.05) is 13.8 Å². The van der Waals surface area contributed by atoms with Gasteiger partial charge in [0.05, 0.1) is 16.7 Å². The van der Waals surface area contributed by atoms with Gasteiger partial charge in [-0.15, -0.1) is 0 Å². The molecule has 0 radical (unpaired) electrons. The second kappa shape index (κ2) is 7.68. The summed E-state index contributed by atoms with van der Waals surface area (Å²) >= 11 is 0. The SMILES string of the molecule is CC(C)CC(CN)CC(=O)Nc1cc(F)cc([N+](=O)[O-])c1. The maximum absolute atomic E-state index is 13.3. The van der Waals surface area contributed by atoms with Crippen molar-refractivity contribution in [3.05, 3.63) is 34.1 Å². The summed E-state index contributed by atoms with van der Waals surface area (Å²) in [6.45, 7) is 4.46. The average Bonchev–Trinajstić information content (AvgIpc) is 2.36. The minimum Gasteiger partial charge on any atom is -0.330 e. The fourth-order valence-corrected chi connectivity index (χ4v) is 2.16. The summed E-state index contributed by atoms with van der Waals surface area (Å²) in [7, 11) is 0. The summed E-state index contributed by atoms with van der Waals surface area (Å²) in [5.74, 6) is -0.641. The van der Waals surface area contributed by atoms with E-state index in [1.165, 1.54) is 0 Å². The van der Waals surface area contributed by atoms with Crippen molar-refractivity contribution in [3.63, 3.8) is 0 Å².